The number of benzene rings is 1. The van der Waals surface area contributed by atoms with Crippen molar-refractivity contribution in [2.75, 3.05) is 17.6 Å². The zero-order valence-corrected chi connectivity index (χ0v) is 9.35. The van der Waals surface area contributed by atoms with Crippen LogP contribution in [0.25, 0.3) is 0 Å². The highest BCUT2D eigenvalue weighted by Crippen LogP contribution is 2.13. The molecular weight excluding hydrogens is 254 g/mol. The Labute approximate surface area is 87.2 Å². The van der Waals surface area contributed by atoms with E-state index in [-0.39, 0.29) is 5.75 Å². The lowest BCUT2D eigenvalue weighted by atomic mass is 10.3. The smallest absolute Gasteiger partial charge is 0.141 e. The Kier molecular flexibility index (Phi) is 4.24. The van der Waals surface area contributed by atoms with E-state index >= 15 is 0 Å². The van der Waals surface area contributed by atoms with Crippen LogP contribution in [0.2, 0.25) is 0 Å². The van der Waals surface area contributed by atoms with Gasteiger partial charge in [0.15, 0.2) is 0 Å². The Hall–Kier alpha value is -0.550. The lowest BCUT2D eigenvalue weighted by molar-refractivity contribution is 0.615. The van der Waals surface area contributed by atoms with Gasteiger partial charge in [-0.15, -0.1) is 0 Å². The van der Waals surface area contributed by atoms with Crippen LogP contribution in [-0.2, 0) is 10.7 Å². The fourth-order valence-electron chi connectivity index (χ4n) is 0.859. The topological polar surface area (TPSA) is 46.2 Å². The summed E-state index contributed by atoms with van der Waals surface area (Å²) in [5, 5.41) is 3.00. The molecule has 3 nitrogen and oxygen atoms in total. The molecule has 0 atom stereocenters. The quantitative estimate of drug-likeness (QED) is 0.809. The largest absolute Gasteiger partial charge is 0.384 e. The summed E-state index contributed by atoms with van der Waals surface area (Å²) in [5.74, 6) is 0.172. The molecule has 13 heavy (non-hydrogen) atoms. The van der Waals surface area contributed by atoms with Crippen molar-refractivity contribution in [3.8, 4) is 0 Å². The van der Waals surface area contributed by atoms with Gasteiger partial charge >= 0.3 is 0 Å². The van der Waals surface area contributed by atoms with Gasteiger partial charge < -0.3 is 5.32 Å². The molecule has 0 unspecified atom stereocenters. The minimum absolute atomic E-state index is 0.172. The van der Waals surface area contributed by atoms with Gasteiger partial charge in [-0.1, -0.05) is 15.9 Å². The molecule has 5 heteroatoms. The molecule has 0 fully saturated rings. The van der Waals surface area contributed by atoms with Crippen molar-refractivity contribution in [1.29, 1.82) is 0 Å². The molecule has 72 valence electrons. The van der Waals surface area contributed by atoms with Crippen LogP contribution in [0, 0.1) is 0 Å². The molecule has 0 saturated carbocycles. The van der Waals surface area contributed by atoms with Crippen LogP contribution in [0.1, 0.15) is 0 Å². The van der Waals surface area contributed by atoms with Crippen molar-refractivity contribution in [1.82, 2.24) is 0 Å². The second-order valence-electron chi connectivity index (χ2n) is 2.49. The molecule has 0 aliphatic carbocycles. The highest BCUT2D eigenvalue weighted by molar-refractivity contribution is 9.10. The van der Waals surface area contributed by atoms with Gasteiger partial charge in [-0.2, -0.15) is 0 Å². The Balaban J connectivity index is 2.41. The Morgan fingerprint density at radius 1 is 1.23 bits per heavy atom. The van der Waals surface area contributed by atoms with E-state index in [0.717, 1.165) is 10.2 Å². The molecule has 0 bridgehead atoms. The van der Waals surface area contributed by atoms with Gasteiger partial charge in [0, 0.05) is 16.7 Å². The molecule has 1 aromatic carbocycles. The maximum Gasteiger partial charge on any atom is 0.141 e. The van der Waals surface area contributed by atoms with Crippen LogP contribution in [-0.4, -0.2) is 20.7 Å². The zero-order chi connectivity index (χ0) is 9.68. The highest BCUT2D eigenvalue weighted by Gasteiger charge is 1.91. The van der Waals surface area contributed by atoms with Crippen molar-refractivity contribution < 1.29 is 8.42 Å². The lowest BCUT2D eigenvalue weighted by Crippen LogP contribution is -2.06. The predicted octanol–water partition coefficient (Wildman–Crippen LogP) is 1.47. The summed E-state index contributed by atoms with van der Waals surface area (Å²) in [6, 6.07) is 7.59. The van der Waals surface area contributed by atoms with Crippen LogP contribution in [0.3, 0.4) is 0 Å². The van der Waals surface area contributed by atoms with E-state index in [1.807, 2.05) is 24.3 Å². The van der Waals surface area contributed by atoms with Gasteiger partial charge in [-0.05, 0) is 24.3 Å². The first-order valence-electron chi connectivity index (χ1n) is 3.80. The van der Waals surface area contributed by atoms with Crippen molar-refractivity contribution >= 4 is 32.3 Å². The molecule has 0 heterocycles. The summed E-state index contributed by atoms with van der Waals surface area (Å²) >= 11 is 3.31. The first-order chi connectivity index (χ1) is 6.18. The van der Waals surface area contributed by atoms with Crippen LogP contribution < -0.4 is 5.32 Å². The molecule has 1 N–H and O–H groups in total. The second-order valence-corrected chi connectivity index (χ2v) is 4.52. The van der Waals surface area contributed by atoms with E-state index < -0.39 is 10.7 Å². The minimum atomic E-state index is -2.27. The summed E-state index contributed by atoms with van der Waals surface area (Å²) in [5.41, 5.74) is 0.931. The monoisotopic (exact) mass is 263 g/mol. The van der Waals surface area contributed by atoms with Crippen molar-refractivity contribution in [2.45, 2.75) is 0 Å². The van der Waals surface area contributed by atoms with Gasteiger partial charge in [0.2, 0.25) is 0 Å². The van der Waals surface area contributed by atoms with Gasteiger partial charge in [0.1, 0.15) is 10.7 Å². The van der Waals surface area contributed by atoms with Crippen LogP contribution >= 0.6 is 15.9 Å². The average molecular weight is 264 g/mol. The SMILES string of the molecule is O=[SH](=O)CCNc1ccc(Br)cc1. The molecule has 1 aromatic rings. The second kappa shape index (κ2) is 5.24. The third-order valence-corrected chi connectivity index (χ3v) is 2.59. The third kappa shape index (κ3) is 4.28. The van der Waals surface area contributed by atoms with E-state index in [1.165, 1.54) is 0 Å². The molecule has 0 spiro atoms. The number of halogens is 1. The zero-order valence-electron chi connectivity index (χ0n) is 6.87. The minimum Gasteiger partial charge on any atom is -0.384 e. The highest BCUT2D eigenvalue weighted by atomic mass is 79.9. The molecule has 0 aromatic heterocycles. The molecule has 0 saturated heterocycles. The molecule has 0 aliphatic heterocycles. The first kappa shape index (κ1) is 10.5. The van der Waals surface area contributed by atoms with Crippen molar-refractivity contribution in [3.05, 3.63) is 28.7 Å². The number of hydrogen-bond donors (Lipinski definition) is 2. The summed E-state index contributed by atoms with van der Waals surface area (Å²) in [6.45, 7) is 0.459. The standard InChI is InChI=1S/C8H10BrNO2S/c9-7-1-3-8(4-2-7)10-5-6-13(11)12/h1-4,10,13H,5-6H2. The number of hydrogen-bond acceptors (Lipinski definition) is 3. The maximum atomic E-state index is 10.2. The molecule has 0 aliphatic rings. The fraction of sp³-hybridized carbons (Fsp3) is 0.250. The molecule has 0 amide bonds. The number of rotatable bonds is 4. The van der Waals surface area contributed by atoms with Crippen molar-refractivity contribution in [3.63, 3.8) is 0 Å². The third-order valence-electron chi connectivity index (χ3n) is 1.47. The van der Waals surface area contributed by atoms with E-state index in [0.29, 0.717) is 6.54 Å². The lowest BCUT2D eigenvalue weighted by Gasteiger charge is -2.02. The normalized spacial score (nSPS) is 10.3. The number of anilines is 1. The molecule has 1 rings (SSSR count). The summed E-state index contributed by atoms with van der Waals surface area (Å²) < 4.78 is 21.5. The van der Waals surface area contributed by atoms with Crippen LogP contribution in [0.4, 0.5) is 5.69 Å². The van der Waals surface area contributed by atoms with E-state index in [4.69, 9.17) is 0 Å². The van der Waals surface area contributed by atoms with Crippen LogP contribution in [0.5, 0.6) is 0 Å². The van der Waals surface area contributed by atoms with Gasteiger partial charge in [0.05, 0.1) is 5.75 Å². The molecular formula is C8H10BrNO2S. The maximum absolute atomic E-state index is 10.2. The first-order valence-corrected chi connectivity index (χ1v) is 5.95. The van der Waals surface area contributed by atoms with Gasteiger partial charge in [0.25, 0.3) is 0 Å². The predicted molar refractivity (Wildman–Crippen MR) is 57.8 cm³/mol. The van der Waals surface area contributed by atoms with Crippen LogP contribution in [0.15, 0.2) is 28.7 Å². The summed E-state index contributed by atoms with van der Waals surface area (Å²) in [4.78, 5) is 0. The van der Waals surface area contributed by atoms with E-state index in [2.05, 4.69) is 21.2 Å². The number of nitrogens with one attached hydrogen (secondary N) is 1. The van der Waals surface area contributed by atoms with Gasteiger partial charge in [-0.3, -0.25) is 0 Å². The summed E-state index contributed by atoms with van der Waals surface area (Å²) in [6.07, 6.45) is 0. The summed E-state index contributed by atoms with van der Waals surface area (Å²) in [7, 11) is -2.27. The Bertz CT molecular complexity index is 327. The molecule has 0 radical (unpaired) electrons. The Morgan fingerprint density at radius 3 is 2.38 bits per heavy atom. The Morgan fingerprint density at radius 2 is 1.85 bits per heavy atom. The fourth-order valence-corrected chi connectivity index (χ4v) is 1.42. The number of thiol groups is 1. The van der Waals surface area contributed by atoms with Gasteiger partial charge in [-0.25, -0.2) is 8.42 Å². The van der Waals surface area contributed by atoms with E-state index in [1.54, 1.807) is 0 Å². The average Bonchev–Trinajstić information content (AvgIpc) is 2.08. The van der Waals surface area contributed by atoms with Crippen molar-refractivity contribution in [2.24, 2.45) is 0 Å². The van der Waals surface area contributed by atoms with E-state index in [9.17, 15) is 8.42 Å².